The molecule has 2 aliphatic carbocycles. The molecule has 3 nitrogen and oxygen atoms in total. The van der Waals surface area contributed by atoms with Crippen LogP contribution in [-0.2, 0) is 0 Å². The van der Waals surface area contributed by atoms with Gasteiger partial charge in [-0.1, -0.05) is 18.0 Å². The number of carbonyl (C=O) groups excluding carboxylic acids is 1. The predicted octanol–water partition coefficient (Wildman–Crippen LogP) is 3.60. The van der Waals surface area contributed by atoms with Crippen molar-refractivity contribution in [3.05, 3.63) is 28.5 Å². The van der Waals surface area contributed by atoms with Crippen LogP contribution in [0.3, 0.4) is 0 Å². The van der Waals surface area contributed by atoms with Crippen molar-refractivity contribution in [1.82, 2.24) is 10.3 Å². The highest BCUT2D eigenvalue weighted by Gasteiger charge is 2.42. The Bertz CT molecular complexity index is 531. The number of aryl methyl sites for hydroxylation is 1. The molecule has 0 aromatic carbocycles. The molecule has 2 aliphatic rings. The van der Waals surface area contributed by atoms with E-state index < -0.39 is 0 Å². The number of halogens is 1. The van der Waals surface area contributed by atoms with Crippen LogP contribution in [-0.4, -0.2) is 16.9 Å². The number of aromatic nitrogens is 1. The normalized spacial score (nSPS) is 29.4. The number of nitrogens with one attached hydrogen (secondary N) is 1. The van der Waals surface area contributed by atoms with Gasteiger partial charge in [-0.25, -0.2) is 0 Å². The minimum absolute atomic E-state index is 0.0993. The van der Waals surface area contributed by atoms with E-state index in [4.69, 9.17) is 11.6 Å². The highest BCUT2D eigenvalue weighted by Crippen LogP contribution is 2.49. The summed E-state index contributed by atoms with van der Waals surface area (Å²) in [5.74, 6) is 2.24. The number of rotatable bonds is 3. The van der Waals surface area contributed by atoms with Gasteiger partial charge in [-0.05, 0) is 56.9 Å². The zero-order valence-electron chi connectivity index (χ0n) is 12.0. The first kappa shape index (κ1) is 13.9. The van der Waals surface area contributed by atoms with Gasteiger partial charge in [-0.2, -0.15) is 0 Å². The zero-order valence-corrected chi connectivity index (χ0v) is 12.8. The fraction of sp³-hybridized carbons (Fsp3) is 0.625. The van der Waals surface area contributed by atoms with Gasteiger partial charge >= 0.3 is 0 Å². The number of hydrogen-bond donors (Lipinski definition) is 1. The van der Waals surface area contributed by atoms with E-state index in [-0.39, 0.29) is 11.9 Å². The van der Waals surface area contributed by atoms with E-state index in [0.717, 1.165) is 17.5 Å². The van der Waals surface area contributed by atoms with Crippen LogP contribution in [0.4, 0.5) is 0 Å². The van der Waals surface area contributed by atoms with Gasteiger partial charge in [0.05, 0.1) is 10.6 Å². The Kier molecular flexibility index (Phi) is 3.72. The molecule has 1 N–H and O–H groups in total. The van der Waals surface area contributed by atoms with Crippen molar-refractivity contribution in [2.24, 2.45) is 17.8 Å². The molecule has 0 saturated heterocycles. The number of nitrogens with zero attached hydrogens (tertiary/aromatic N) is 1. The van der Waals surface area contributed by atoms with Gasteiger partial charge in [0, 0.05) is 17.9 Å². The summed E-state index contributed by atoms with van der Waals surface area (Å²) < 4.78 is 0. The Morgan fingerprint density at radius 2 is 2.25 bits per heavy atom. The van der Waals surface area contributed by atoms with E-state index in [1.807, 2.05) is 6.92 Å². The summed E-state index contributed by atoms with van der Waals surface area (Å²) in [6, 6.07) is 1.95. The van der Waals surface area contributed by atoms with Gasteiger partial charge in [0.1, 0.15) is 0 Å². The van der Waals surface area contributed by atoms with Crippen LogP contribution >= 0.6 is 11.6 Å². The number of fused-ring (bicyclic) bond motifs is 2. The highest BCUT2D eigenvalue weighted by atomic mass is 35.5. The number of amides is 1. The maximum atomic E-state index is 12.3. The molecule has 4 unspecified atom stereocenters. The molecular weight excluding hydrogens is 272 g/mol. The Hall–Kier alpha value is -1.09. The fourth-order valence-corrected chi connectivity index (χ4v) is 4.28. The summed E-state index contributed by atoms with van der Waals surface area (Å²) in [6.45, 7) is 3.99. The van der Waals surface area contributed by atoms with Crippen LogP contribution < -0.4 is 5.32 Å². The first-order valence-corrected chi connectivity index (χ1v) is 7.85. The van der Waals surface area contributed by atoms with E-state index in [1.165, 1.54) is 25.7 Å². The highest BCUT2D eigenvalue weighted by molar-refractivity contribution is 6.33. The summed E-state index contributed by atoms with van der Waals surface area (Å²) in [5.41, 5.74) is 1.31. The monoisotopic (exact) mass is 292 g/mol. The molecule has 4 heteroatoms. The van der Waals surface area contributed by atoms with Crippen molar-refractivity contribution in [3.8, 4) is 0 Å². The Balaban J connectivity index is 1.66. The number of pyridine rings is 1. The quantitative estimate of drug-likeness (QED) is 0.925. The minimum Gasteiger partial charge on any atom is -0.349 e. The Morgan fingerprint density at radius 3 is 2.85 bits per heavy atom. The molecular formula is C16H21ClN2O. The van der Waals surface area contributed by atoms with Crippen LogP contribution in [0.15, 0.2) is 12.3 Å². The third-order valence-electron chi connectivity index (χ3n) is 5.03. The van der Waals surface area contributed by atoms with Gasteiger partial charge in [0.25, 0.3) is 5.91 Å². The smallest absolute Gasteiger partial charge is 0.254 e. The maximum absolute atomic E-state index is 12.3. The molecule has 2 fully saturated rings. The van der Waals surface area contributed by atoms with E-state index in [2.05, 4.69) is 17.2 Å². The molecule has 108 valence electrons. The lowest BCUT2D eigenvalue weighted by molar-refractivity contribution is 0.0915. The summed E-state index contributed by atoms with van der Waals surface area (Å²) in [5, 5.41) is 3.60. The molecule has 1 aromatic heterocycles. The summed E-state index contributed by atoms with van der Waals surface area (Å²) in [4.78, 5) is 16.5. The van der Waals surface area contributed by atoms with Crippen LogP contribution in [0, 0.1) is 24.7 Å². The van der Waals surface area contributed by atoms with Crippen LogP contribution in [0.5, 0.6) is 0 Å². The van der Waals surface area contributed by atoms with Gasteiger partial charge in [-0.15, -0.1) is 0 Å². The average molecular weight is 293 g/mol. The second-order valence-corrected chi connectivity index (χ2v) is 6.81. The van der Waals surface area contributed by atoms with Crippen molar-refractivity contribution in [3.63, 3.8) is 0 Å². The summed E-state index contributed by atoms with van der Waals surface area (Å²) >= 11 is 6.13. The lowest BCUT2D eigenvalue weighted by Crippen LogP contribution is -2.40. The van der Waals surface area contributed by atoms with Gasteiger partial charge in [-0.3, -0.25) is 9.78 Å². The van der Waals surface area contributed by atoms with E-state index >= 15 is 0 Å². The molecule has 0 spiro atoms. The number of hydrogen-bond acceptors (Lipinski definition) is 2. The minimum atomic E-state index is -0.0993. The van der Waals surface area contributed by atoms with Crippen molar-refractivity contribution in [1.29, 1.82) is 0 Å². The molecule has 3 rings (SSSR count). The second-order valence-electron chi connectivity index (χ2n) is 6.41. The topological polar surface area (TPSA) is 42.0 Å². The van der Waals surface area contributed by atoms with Crippen molar-refractivity contribution in [2.45, 2.75) is 45.6 Å². The SMILES string of the molecule is Cc1cc(Cl)c(C(=O)NC(C)C2CC3CCC2C3)cn1. The first-order valence-electron chi connectivity index (χ1n) is 7.47. The molecule has 1 amide bonds. The molecule has 1 heterocycles. The summed E-state index contributed by atoms with van der Waals surface area (Å²) in [7, 11) is 0. The van der Waals surface area contributed by atoms with Gasteiger partial charge < -0.3 is 5.32 Å². The van der Waals surface area contributed by atoms with Crippen molar-refractivity contribution in [2.75, 3.05) is 0 Å². The third kappa shape index (κ3) is 2.56. The molecule has 1 aromatic rings. The first-order chi connectivity index (χ1) is 9.54. The van der Waals surface area contributed by atoms with E-state index in [0.29, 0.717) is 16.5 Å². The lowest BCUT2D eigenvalue weighted by Gasteiger charge is -2.28. The molecule has 2 saturated carbocycles. The fourth-order valence-electron chi connectivity index (χ4n) is 3.99. The second kappa shape index (κ2) is 5.36. The lowest BCUT2D eigenvalue weighted by atomic mass is 9.84. The number of carbonyl (C=O) groups is 1. The third-order valence-corrected chi connectivity index (χ3v) is 5.34. The largest absolute Gasteiger partial charge is 0.349 e. The Labute approximate surface area is 125 Å². The van der Waals surface area contributed by atoms with Gasteiger partial charge in [0.15, 0.2) is 0 Å². The standard InChI is InChI=1S/C16H21ClN2O/c1-9-5-15(17)14(8-18-9)16(20)19-10(2)13-7-11-3-4-12(13)6-11/h5,8,10-13H,3-4,6-7H2,1-2H3,(H,19,20). The predicted molar refractivity (Wildman–Crippen MR) is 79.9 cm³/mol. The van der Waals surface area contributed by atoms with Gasteiger partial charge in [0.2, 0.25) is 0 Å². The molecule has 0 aliphatic heterocycles. The summed E-state index contributed by atoms with van der Waals surface area (Å²) in [6.07, 6.45) is 6.92. The van der Waals surface area contributed by atoms with Crippen LogP contribution in [0.2, 0.25) is 5.02 Å². The molecule has 4 atom stereocenters. The van der Waals surface area contributed by atoms with E-state index in [1.54, 1.807) is 12.3 Å². The maximum Gasteiger partial charge on any atom is 0.254 e. The van der Waals surface area contributed by atoms with Crippen LogP contribution in [0.25, 0.3) is 0 Å². The van der Waals surface area contributed by atoms with Crippen molar-refractivity contribution >= 4 is 17.5 Å². The molecule has 20 heavy (non-hydrogen) atoms. The zero-order chi connectivity index (χ0) is 14.3. The van der Waals surface area contributed by atoms with Crippen molar-refractivity contribution < 1.29 is 4.79 Å². The Morgan fingerprint density at radius 1 is 1.45 bits per heavy atom. The average Bonchev–Trinajstić information content (AvgIpc) is 3.00. The molecule has 0 radical (unpaired) electrons. The van der Waals surface area contributed by atoms with E-state index in [9.17, 15) is 4.79 Å². The molecule has 2 bridgehead atoms. The van der Waals surface area contributed by atoms with Crippen LogP contribution in [0.1, 0.15) is 48.7 Å².